The first-order chi connectivity index (χ1) is 4.49. The van der Waals surface area contributed by atoms with Crippen molar-refractivity contribution in [1.82, 2.24) is 0 Å². The van der Waals surface area contributed by atoms with Gasteiger partial charge in [0.25, 0.3) is 0 Å². The van der Waals surface area contributed by atoms with Crippen LogP contribution in [0.3, 0.4) is 0 Å². The summed E-state index contributed by atoms with van der Waals surface area (Å²) in [6.07, 6.45) is 2.69. The number of halogens is 1. The molecule has 0 heterocycles. The molecule has 5 heteroatoms. The summed E-state index contributed by atoms with van der Waals surface area (Å²) in [6, 6.07) is 0. The predicted octanol–water partition coefficient (Wildman–Crippen LogP) is 1.58. The lowest BCUT2D eigenvalue weighted by molar-refractivity contribution is 0.434. The molecule has 0 unspecified atom stereocenters. The fourth-order valence-corrected chi connectivity index (χ4v) is 0.927. The highest BCUT2D eigenvalue weighted by atomic mass is 35.7. The molecule has 0 rings (SSSR count). The van der Waals surface area contributed by atoms with Gasteiger partial charge in [-0.25, -0.2) is 0 Å². The van der Waals surface area contributed by atoms with Gasteiger partial charge in [0, 0.05) is 0 Å². The molecule has 0 spiro atoms. The largest absolute Gasteiger partial charge is 0.401 e. The fraction of sp³-hybridized carbons (Fsp3) is 0.200. The third-order valence-electron chi connectivity index (χ3n) is 0.681. The van der Waals surface area contributed by atoms with E-state index in [0.29, 0.717) is 0 Å². The first-order valence-electron chi connectivity index (χ1n) is 2.42. The van der Waals surface area contributed by atoms with E-state index < -0.39 is 9.33 Å². The van der Waals surface area contributed by atoms with Crippen molar-refractivity contribution in [1.29, 1.82) is 0 Å². The van der Waals surface area contributed by atoms with Crippen molar-refractivity contribution < 1.29 is 12.6 Å². The van der Waals surface area contributed by atoms with Crippen molar-refractivity contribution in [2.75, 3.05) is 0 Å². The molecule has 0 saturated carbocycles. The number of hydrogen-bond acceptors (Lipinski definition) is 3. The second-order valence-corrected chi connectivity index (χ2v) is 3.46. The Balaban J connectivity index is 4.30. The summed E-state index contributed by atoms with van der Waals surface area (Å²) in [5.41, 5.74) is 0. The molecule has 0 aliphatic heterocycles. The summed E-state index contributed by atoms with van der Waals surface area (Å²) in [5.74, 6) is 0.120. The first-order valence-corrected chi connectivity index (χ1v) is 4.66. The summed E-state index contributed by atoms with van der Waals surface area (Å²) < 4.78 is 24.6. The second-order valence-electron chi connectivity index (χ2n) is 1.37. The van der Waals surface area contributed by atoms with Crippen LogP contribution in [0.15, 0.2) is 24.5 Å². The molecule has 0 bridgehead atoms. The SMILES string of the molecule is C=CC(=CC)OS(=O)(=O)Cl. The van der Waals surface area contributed by atoms with Gasteiger partial charge in [-0.15, -0.1) is 0 Å². The third-order valence-corrected chi connectivity index (χ3v) is 1.26. The molecule has 10 heavy (non-hydrogen) atoms. The number of hydrogen-bond donors (Lipinski definition) is 0. The minimum atomic E-state index is -3.91. The zero-order chi connectivity index (χ0) is 8.20. The van der Waals surface area contributed by atoms with Gasteiger partial charge in [0.05, 0.1) is 10.7 Å². The van der Waals surface area contributed by atoms with Crippen molar-refractivity contribution in [3.05, 3.63) is 24.5 Å². The van der Waals surface area contributed by atoms with Crippen LogP contribution >= 0.6 is 10.7 Å². The van der Waals surface area contributed by atoms with Crippen LogP contribution in [0.5, 0.6) is 0 Å². The quantitative estimate of drug-likeness (QED) is 0.378. The van der Waals surface area contributed by atoms with Gasteiger partial charge in [-0.2, -0.15) is 8.42 Å². The van der Waals surface area contributed by atoms with Crippen molar-refractivity contribution >= 4 is 20.0 Å². The van der Waals surface area contributed by atoms with E-state index in [1.54, 1.807) is 6.92 Å². The number of allylic oxidation sites excluding steroid dienone is 2. The molecule has 0 saturated heterocycles. The molecule has 0 aliphatic carbocycles. The van der Waals surface area contributed by atoms with E-state index in [9.17, 15) is 8.42 Å². The highest BCUT2D eigenvalue weighted by molar-refractivity contribution is 8.10. The van der Waals surface area contributed by atoms with E-state index in [1.807, 2.05) is 0 Å². The number of rotatable bonds is 3. The molecule has 0 aromatic rings. The summed E-state index contributed by atoms with van der Waals surface area (Å²) in [7, 11) is 0.832. The molecule has 58 valence electrons. The standard InChI is InChI=1S/C5H7ClO3S/c1-3-5(4-2)9-10(6,7)8/h3-4H,1H2,2H3. The molecule has 0 aromatic carbocycles. The maximum absolute atomic E-state index is 10.2. The van der Waals surface area contributed by atoms with E-state index in [1.165, 1.54) is 12.2 Å². The maximum Gasteiger partial charge on any atom is 0.401 e. The lowest BCUT2D eigenvalue weighted by atomic mass is 10.5. The van der Waals surface area contributed by atoms with Crippen LogP contribution in [0.25, 0.3) is 0 Å². The van der Waals surface area contributed by atoms with Crippen LogP contribution in [0, 0.1) is 0 Å². The Kier molecular flexibility index (Phi) is 3.46. The van der Waals surface area contributed by atoms with Crippen LogP contribution in [-0.2, 0) is 13.5 Å². The molecule has 3 nitrogen and oxygen atoms in total. The van der Waals surface area contributed by atoms with Gasteiger partial charge < -0.3 is 4.18 Å². The van der Waals surface area contributed by atoms with Crippen LogP contribution in [-0.4, -0.2) is 8.42 Å². The van der Waals surface area contributed by atoms with E-state index in [0.717, 1.165) is 0 Å². The summed E-state index contributed by atoms with van der Waals surface area (Å²) in [6.45, 7) is 4.91. The van der Waals surface area contributed by atoms with Crippen LogP contribution < -0.4 is 0 Å². The zero-order valence-corrected chi connectivity index (χ0v) is 6.95. The summed E-state index contributed by atoms with van der Waals surface area (Å²) in [4.78, 5) is 0. The average Bonchev–Trinajstić information content (AvgIpc) is 1.81. The minimum Gasteiger partial charge on any atom is -0.371 e. The van der Waals surface area contributed by atoms with Gasteiger partial charge in [-0.1, -0.05) is 6.58 Å². The van der Waals surface area contributed by atoms with E-state index in [2.05, 4.69) is 10.8 Å². The summed E-state index contributed by atoms with van der Waals surface area (Å²) >= 11 is 0. The molecule has 0 radical (unpaired) electrons. The Morgan fingerprint density at radius 3 is 2.30 bits per heavy atom. The zero-order valence-electron chi connectivity index (χ0n) is 5.37. The lowest BCUT2D eigenvalue weighted by Gasteiger charge is -1.98. The van der Waals surface area contributed by atoms with Crippen LogP contribution in [0.4, 0.5) is 0 Å². The van der Waals surface area contributed by atoms with Crippen molar-refractivity contribution in [3.63, 3.8) is 0 Å². The Morgan fingerprint density at radius 1 is 1.70 bits per heavy atom. The van der Waals surface area contributed by atoms with E-state index in [-0.39, 0.29) is 5.76 Å². The molecular weight excluding hydrogens is 176 g/mol. The molecular formula is C5H7ClO3S. The van der Waals surface area contributed by atoms with Gasteiger partial charge >= 0.3 is 9.33 Å². The van der Waals surface area contributed by atoms with E-state index >= 15 is 0 Å². The molecule has 0 N–H and O–H groups in total. The van der Waals surface area contributed by atoms with Gasteiger partial charge in [0.15, 0.2) is 0 Å². The van der Waals surface area contributed by atoms with Gasteiger partial charge in [0.1, 0.15) is 5.76 Å². The molecule has 0 amide bonds. The van der Waals surface area contributed by atoms with Crippen LogP contribution in [0.1, 0.15) is 6.92 Å². The fourth-order valence-electron chi connectivity index (χ4n) is 0.315. The normalized spacial score (nSPS) is 12.8. The minimum absolute atomic E-state index is 0.120. The summed E-state index contributed by atoms with van der Waals surface area (Å²) in [5, 5.41) is 0. The first kappa shape index (κ1) is 9.52. The second kappa shape index (κ2) is 3.63. The Hall–Kier alpha value is -0.480. The molecule has 0 aromatic heterocycles. The smallest absolute Gasteiger partial charge is 0.371 e. The van der Waals surface area contributed by atoms with Crippen molar-refractivity contribution in [2.24, 2.45) is 0 Å². The lowest BCUT2D eigenvalue weighted by Crippen LogP contribution is -1.94. The molecule has 0 atom stereocenters. The maximum atomic E-state index is 10.2. The molecule has 0 fully saturated rings. The van der Waals surface area contributed by atoms with E-state index in [4.69, 9.17) is 10.7 Å². The van der Waals surface area contributed by atoms with Gasteiger partial charge in [0.2, 0.25) is 0 Å². The average molecular weight is 183 g/mol. The highest BCUT2D eigenvalue weighted by Crippen LogP contribution is 2.07. The Bertz CT molecular complexity index is 240. The third kappa shape index (κ3) is 4.40. The van der Waals surface area contributed by atoms with Crippen LogP contribution in [0.2, 0.25) is 0 Å². The predicted molar refractivity (Wildman–Crippen MR) is 39.8 cm³/mol. The van der Waals surface area contributed by atoms with Crippen molar-refractivity contribution in [2.45, 2.75) is 6.92 Å². The van der Waals surface area contributed by atoms with Gasteiger partial charge in [-0.05, 0) is 19.1 Å². The van der Waals surface area contributed by atoms with Crippen molar-refractivity contribution in [3.8, 4) is 0 Å². The Labute approximate surface area is 64.6 Å². The Morgan fingerprint density at radius 2 is 2.20 bits per heavy atom. The molecule has 0 aliphatic rings. The van der Waals surface area contributed by atoms with Gasteiger partial charge in [-0.3, -0.25) is 0 Å². The highest BCUT2D eigenvalue weighted by Gasteiger charge is 2.05. The topological polar surface area (TPSA) is 43.4 Å². The monoisotopic (exact) mass is 182 g/mol.